The average Bonchev–Trinajstić information content (AvgIpc) is 2.75. The third-order valence-electron chi connectivity index (χ3n) is 3.54. The number of aromatic nitrogens is 1. The maximum absolute atomic E-state index is 4.55. The normalized spacial score (nSPS) is 15.2. The Bertz CT molecular complexity index is 593. The lowest BCUT2D eigenvalue weighted by molar-refractivity contribution is 0.643. The van der Waals surface area contributed by atoms with Crippen molar-refractivity contribution < 1.29 is 0 Å². The van der Waals surface area contributed by atoms with Gasteiger partial charge >= 0.3 is 0 Å². The molecule has 0 spiro atoms. The van der Waals surface area contributed by atoms with Gasteiger partial charge in [0.05, 0.1) is 17.5 Å². The number of fused-ring (bicyclic) bond motifs is 3. The minimum atomic E-state index is 1.04. The number of rotatable bonds is 2. The number of nitrogens with zero attached hydrogens (tertiary/aromatic N) is 2. The van der Waals surface area contributed by atoms with E-state index in [1.54, 1.807) is 0 Å². The number of para-hydroxylation sites is 1. The van der Waals surface area contributed by atoms with E-state index in [2.05, 4.69) is 28.2 Å². The largest absolute Gasteiger partial charge is 0.369 e. The first-order valence-corrected chi connectivity index (χ1v) is 6.59. The summed E-state index contributed by atoms with van der Waals surface area (Å²) in [6.45, 7) is 0. The Labute approximate surface area is 108 Å². The van der Waals surface area contributed by atoms with Crippen molar-refractivity contribution in [2.45, 2.75) is 25.7 Å². The molecule has 0 radical (unpaired) electrons. The van der Waals surface area contributed by atoms with Gasteiger partial charge in [-0.3, -0.25) is 0 Å². The van der Waals surface area contributed by atoms with E-state index in [0.717, 1.165) is 5.69 Å². The molecule has 1 aliphatic rings. The summed E-state index contributed by atoms with van der Waals surface area (Å²) in [5.74, 6) is 0. The SMILES string of the molecule is CN(C)C=Nc1cccc2c3c([nH]c12)CCCC3. The second kappa shape index (κ2) is 4.48. The maximum Gasteiger partial charge on any atom is 0.0908 e. The summed E-state index contributed by atoms with van der Waals surface area (Å²) in [5, 5.41) is 1.36. The Morgan fingerprint density at radius 2 is 2.06 bits per heavy atom. The first kappa shape index (κ1) is 11.3. The van der Waals surface area contributed by atoms with Crippen LogP contribution in [0, 0.1) is 0 Å². The van der Waals surface area contributed by atoms with Crippen LogP contribution in [-0.2, 0) is 12.8 Å². The highest BCUT2D eigenvalue weighted by Gasteiger charge is 2.16. The van der Waals surface area contributed by atoms with E-state index in [0.29, 0.717) is 0 Å². The van der Waals surface area contributed by atoms with Crippen LogP contribution >= 0.6 is 0 Å². The van der Waals surface area contributed by atoms with Crippen molar-refractivity contribution in [3.05, 3.63) is 29.5 Å². The predicted molar refractivity (Wildman–Crippen MR) is 76.8 cm³/mol. The number of aromatic amines is 1. The van der Waals surface area contributed by atoms with Crippen molar-refractivity contribution in [1.82, 2.24) is 9.88 Å². The van der Waals surface area contributed by atoms with Crippen molar-refractivity contribution >= 4 is 22.9 Å². The van der Waals surface area contributed by atoms with Crippen molar-refractivity contribution in [2.24, 2.45) is 4.99 Å². The van der Waals surface area contributed by atoms with E-state index < -0.39 is 0 Å². The molecule has 1 N–H and O–H groups in total. The van der Waals surface area contributed by atoms with Gasteiger partial charge < -0.3 is 9.88 Å². The molecule has 1 heterocycles. The Morgan fingerprint density at radius 3 is 2.89 bits per heavy atom. The predicted octanol–water partition coefficient (Wildman–Crippen LogP) is 3.27. The molecular formula is C15H19N3. The highest BCUT2D eigenvalue weighted by atomic mass is 15.1. The van der Waals surface area contributed by atoms with Gasteiger partial charge in [0.1, 0.15) is 0 Å². The number of H-pyrrole nitrogens is 1. The van der Waals surface area contributed by atoms with Gasteiger partial charge in [-0.2, -0.15) is 0 Å². The molecule has 0 atom stereocenters. The third kappa shape index (κ3) is 1.90. The van der Waals surface area contributed by atoms with Crippen molar-refractivity contribution in [1.29, 1.82) is 0 Å². The number of aryl methyl sites for hydroxylation is 2. The summed E-state index contributed by atoms with van der Waals surface area (Å²) in [5.41, 5.74) is 5.17. The van der Waals surface area contributed by atoms with Gasteiger partial charge in [-0.1, -0.05) is 12.1 Å². The molecule has 1 aromatic carbocycles. The minimum Gasteiger partial charge on any atom is -0.369 e. The molecular weight excluding hydrogens is 222 g/mol. The summed E-state index contributed by atoms with van der Waals surface area (Å²) >= 11 is 0. The van der Waals surface area contributed by atoms with Crippen molar-refractivity contribution in [3.63, 3.8) is 0 Å². The molecule has 0 saturated heterocycles. The fraction of sp³-hybridized carbons (Fsp3) is 0.400. The molecule has 1 aliphatic carbocycles. The molecule has 3 nitrogen and oxygen atoms in total. The maximum atomic E-state index is 4.55. The van der Waals surface area contributed by atoms with Crippen LogP contribution in [0.1, 0.15) is 24.1 Å². The van der Waals surface area contributed by atoms with Crippen molar-refractivity contribution in [3.8, 4) is 0 Å². The van der Waals surface area contributed by atoms with Crippen LogP contribution in [0.25, 0.3) is 10.9 Å². The molecule has 0 saturated carbocycles. The first-order chi connectivity index (χ1) is 8.75. The molecule has 3 rings (SSSR count). The van der Waals surface area contributed by atoms with Crippen LogP contribution < -0.4 is 0 Å². The van der Waals surface area contributed by atoms with E-state index in [1.165, 1.54) is 47.8 Å². The highest BCUT2D eigenvalue weighted by molar-refractivity contribution is 5.94. The van der Waals surface area contributed by atoms with Gasteiger partial charge in [-0.15, -0.1) is 0 Å². The summed E-state index contributed by atoms with van der Waals surface area (Å²) in [4.78, 5) is 10.1. The fourth-order valence-electron chi connectivity index (χ4n) is 2.70. The molecule has 0 unspecified atom stereocenters. The fourth-order valence-corrected chi connectivity index (χ4v) is 2.70. The number of benzene rings is 1. The second-order valence-electron chi connectivity index (χ2n) is 5.20. The zero-order valence-corrected chi connectivity index (χ0v) is 11.0. The van der Waals surface area contributed by atoms with Gasteiger partial charge in [0.15, 0.2) is 0 Å². The second-order valence-corrected chi connectivity index (χ2v) is 5.20. The monoisotopic (exact) mass is 241 g/mol. The summed E-state index contributed by atoms with van der Waals surface area (Å²) in [6.07, 6.45) is 6.85. The smallest absolute Gasteiger partial charge is 0.0908 e. The molecule has 0 fully saturated rings. The van der Waals surface area contributed by atoms with Crippen LogP contribution in [-0.4, -0.2) is 30.3 Å². The van der Waals surface area contributed by atoms with Gasteiger partial charge in [-0.05, 0) is 37.3 Å². The minimum absolute atomic E-state index is 1.04. The lowest BCUT2D eigenvalue weighted by Crippen LogP contribution is -2.06. The van der Waals surface area contributed by atoms with Crippen LogP contribution in [0.3, 0.4) is 0 Å². The molecule has 0 amide bonds. The van der Waals surface area contributed by atoms with E-state index in [1.807, 2.05) is 25.3 Å². The first-order valence-electron chi connectivity index (χ1n) is 6.59. The number of hydrogen-bond donors (Lipinski definition) is 1. The zero-order chi connectivity index (χ0) is 12.5. The molecule has 2 aromatic rings. The Hall–Kier alpha value is -1.77. The number of nitrogens with one attached hydrogen (secondary N) is 1. The molecule has 0 aliphatic heterocycles. The Balaban J connectivity index is 2.13. The van der Waals surface area contributed by atoms with Gasteiger partial charge in [0, 0.05) is 25.2 Å². The molecule has 1 aromatic heterocycles. The zero-order valence-electron chi connectivity index (χ0n) is 11.0. The van der Waals surface area contributed by atoms with Crippen LogP contribution in [0.2, 0.25) is 0 Å². The van der Waals surface area contributed by atoms with Crippen LogP contribution in [0.15, 0.2) is 23.2 Å². The van der Waals surface area contributed by atoms with E-state index >= 15 is 0 Å². The van der Waals surface area contributed by atoms with Crippen molar-refractivity contribution in [2.75, 3.05) is 14.1 Å². The van der Waals surface area contributed by atoms with E-state index in [9.17, 15) is 0 Å². The van der Waals surface area contributed by atoms with Gasteiger partial charge in [0.25, 0.3) is 0 Å². The van der Waals surface area contributed by atoms with Crippen LogP contribution in [0.4, 0.5) is 5.69 Å². The molecule has 18 heavy (non-hydrogen) atoms. The standard InChI is InChI=1S/C15H19N3/c1-18(2)10-16-14-9-5-7-12-11-6-3-4-8-13(11)17-15(12)14/h5,7,9-10,17H,3-4,6,8H2,1-2H3. The molecule has 0 bridgehead atoms. The third-order valence-corrected chi connectivity index (χ3v) is 3.54. The number of hydrogen-bond acceptors (Lipinski definition) is 1. The van der Waals surface area contributed by atoms with Gasteiger partial charge in [0.2, 0.25) is 0 Å². The Kier molecular flexibility index (Phi) is 2.82. The molecule has 3 heteroatoms. The summed E-state index contributed by atoms with van der Waals surface area (Å²) in [6, 6.07) is 6.39. The van der Waals surface area contributed by atoms with E-state index in [-0.39, 0.29) is 0 Å². The van der Waals surface area contributed by atoms with E-state index in [4.69, 9.17) is 0 Å². The summed E-state index contributed by atoms with van der Waals surface area (Å²) < 4.78 is 0. The van der Waals surface area contributed by atoms with Gasteiger partial charge in [-0.25, -0.2) is 4.99 Å². The Morgan fingerprint density at radius 1 is 1.22 bits per heavy atom. The topological polar surface area (TPSA) is 31.4 Å². The number of aliphatic imine (C=N–C) groups is 1. The quantitative estimate of drug-likeness (QED) is 0.635. The lowest BCUT2D eigenvalue weighted by Gasteiger charge is -2.10. The average molecular weight is 241 g/mol. The summed E-state index contributed by atoms with van der Waals surface area (Å²) in [7, 11) is 3.98. The highest BCUT2D eigenvalue weighted by Crippen LogP contribution is 2.33. The molecule has 94 valence electrons. The van der Waals surface area contributed by atoms with Crippen LogP contribution in [0.5, 0.6) is 0 Å². The lowest BCUT2D eigenvalue weighted by atomic mass is 9.96.